The van der Waals surface area contributed by atoms with Crippen LogP contribution in [-0.2, 0) is 17.9 Å². The van der Waals surface area contributed by atoms with Gasteiger partial charge in [0.05, 0.1) is 18.8 Å². The van der Waals surface area contributed by atoms with E-state index in [0.717, 1.165) is 22.1 Å². The molecule has 4 aromatic rings. The minimum Gasteiger partial charge on any atom is -0.340 e. The molecule has 6 nitrogen and oxygen atoms in total. The molecule has 158 valence electrons. The van der Waals surface area contributed by atoms with Gasteiger partial charge in [-0.3, -0.25) is 14.3 Å². The number of aromatic nitrogens is 4. The van der Waals surface area contributed by atoms with E-state index in [-0.39, 0.29) is 5.91 Å². The van der Waals surface area contributed by atoms with Crippen LogP contribution in [0, 0.1) is 6.92 Å². The number of benzene rings is 1. The number of thioether (sulfide) groups is 1. The highest BCUT2D eigenvalue weighted by molar-refractivity contribution is 7.99. The van der Waals surface area contributed by atoms with Gasteiger partial charge in [0.15, 0.2) is 11.0 Å². The minimum absolute atomic E-state index is 0.0672. The van der Waals surface area contributed by atoms with Crippen LogP contribution in [0.3, 0.4) is 0 Å². The zero-order valence-electron chi connectivity index (χ0n) is 17.4. The molecule has 0 atom stereocenters. The second kappa shape index (κ2) is 9.89. The molecule has 0 spiro atoms. The molecule has 0 aliphatic rings. The molecule has 1 amide bonds. The van der Waals surface area contributed by atoms with E-state index in [9.17, 15) is 4.79 Å². The summed E-state index contributed by atoms with van der Waals surface area (Å²) in [7, 11) is 1.85. The lowest BCUT2D eigenvalue weighted by Gasteiger charge is -2.17. The van der Waals surface area contributed by atoms with Gasteiger partial charge in [-0.2, -0.15) is 0 Å². The van der Waals surface area contributed by atoms with E-state index in [0.29, 0.717) is 18.8 Å². The number of nitrogens with zero attached hydrogens (tertiary/aromatic N) is 5. The molecule has 3 aromatic heterocycles. The Bertz CT molecular complexity index is 1140. The molecule has 3 heterocycles. The molecule has 0 N–H and O–H groups in total. The van der Waals surface area contributed by atoms with Crippen molar-refractivity contribution in [1.82, 2.24) is 24.6 Å². The van der Waals surface area contributed by atoms with Crippen molar-refractivity contribution in [2.45, 2.75) is 25.2 Å². The highest BCUT2D eigenvalue weighted by Crippen LogP contribution is 2.25. The number of pyridine rings is 1. The van der Waals surface area contributed by atoms with E-state index in [1.165, 1.54) is 22.2 Å². The molecule has 31 heavy (non-hydrogen) atoms. The summed E-state index contributed by atoms with van der Waals surface area (Å²) in [5.74, 6) is 1.14. The Kier molecular flexibility index (Phi) is 6.79. The van der Waals surface area contributed by atoms with Gasteiger partial charge in [-0.05, 0) is 41.6 Å². The van der Waals surface area contributed by atoms with Crippen molar-refractivity contribution in [2.24, 2.45) is 0 Å². The molecule has 1 aromatic carbocycles. The number of hydrogen-bond acceptors (Lipinski definition) is 6. The molecule has 4 rings (SSSR count). The summed E-state index contributed by atoms with van der Waals surface area (Å²) in [6.07, 6.45) is 3.49. The largest absolute Gasteiger partial charge is 0.340 e. The fourth-order valence-electron chi connectivity index (χ4n) is 3.12. The second-order valence-electron chi connectivity index (χ2n) is 7.18. The van der Waals surface area contributed by atoms with Gasteiger partial charge in [0.2, 0.25) is 5.91 Å². The van der Waals surface area contributed by atoms with Crippen LogP contribution >= 0.6 is 23.1 Å². The normalized spacial score (nSPS) is 10.9. The van der Waals surface area contributed by atoms with Crippen molar-refractivity contribution < 1.29 is 4.79 Å². The Morgan fingerprint density at radius 3 is 2.58 bits per heavy atom. The van der Waals surface area contributed by atoms with Gasteiger partial charge in [-0.25, -0.2) is 0 Å². The van der Waals surface area contributed by atoms with Gasteiger partial charge < -0.3 is 4.90 Å². The standard InChI is InChI=1S/C23H23N5OS2/c1-17-10-13-30-20(17)15-27(2)21(29)16-31-23-26-25-22(19-8-11-24-12-9-19)28(23)14-18-6-4-3-5-7-18/h3-13H,14-16H2,1-2H3. The maximum Gasteiger partial charge on any atom is 0.233 e. The number of carbonyl (C=O) groups excluding carboxylic acids is 1. The molecule has 0 radical (unpaired) electrons. The van der Waals surface area contributed by atoms with Gasteiger partial charge in [-0.15, -0.1) is 21.5 Å². The fourth-order valence-corrected chi connectivity index (χ4v) is 4.96. The molecule has 0 aliphatic carbocycles. The molecule has 0 fully saturated rings. The third-order valence-corrected chi connectivity index (χ3v) is 6.90. The monoisotopic (exact) mass is 449 g/mol. The fraction of sp³-hybridized carbons (Fsp3) is 0.217. The van der Waals surface area contributed by atoms with E-state index < -0.39 is 0 Å². The maximum atomic E-state index is 12.7. The van der Waals surface area contributed by atoms with Crippen LogP contribution in [0.15, 0.2) is 71.5 Å². The van der Waals surface area contributed by atoms with E-state index in [2.05, 4.69) is 50.3 Å². The van der Waals surface area contributed by atoms with Crippen molar-refractivity contribution in [1.29, 1.82) is 0 Å². The molecule has 0 saturated carbocycles. The first-order chi connectivity index (χ1) is 15.1. The second-order valence-corrected chi connectivity index (χ2v) is 9.12. The van der Waals surface area contributed by atoms with Crippen molar-refractivity contribution in [3.05, 3.63) is 82.3 Å². The van der Waals surface area contributed by atoms with Crippen LogP contribution in [0.2, 0.25) is 0 Å². The van der Waals surface area contributed by atoms with Crippen molar-refractivity contribution in [2.75, 3.05) is 12.8 Å². The molecular weight excluding hydrogens is 426 g/mol. The summed E-state index contributed by atoms with van der Waals surface area (Å²) in [6.45, 7) is 3.33. The summed E-state index contributed by atoms with van der Waals surface area (Å²) in [6, 6.07) is 16.1. The first-order valence-electron chi connectivity index (χ1n) is 9.89. The topological polar surface area (TPSA) is 63.9 Å². The summed E-state index contributed by atoms with van der Waals surface area (Å²) < 4.78 is 2.06. The van der Waals surface area contributed by atoms with Crippen molar-refractivity contribution in [3.63, 3.8) is 0 Å². The Hall–Kier alpha value is -2.97. The third-order valence-electron chi connectivity index (χ3n) is 4.94. The number of thiophene rings is 1. The summed E-state index contributed by atoms with van der Waals surface area (Å²) >= 11 is 3.10. The van der Waals surface area contributed by atoms with Crippen LogP contribution in [-0.4, -0.2) is 43.4 Å². The lowest BCUT2D eigenvalue weighted by Crippen LogP contribution is -2.27. The lowest BCUT2D eigenvalue weighted by molar-refractivity contribution is -0.127. The van der Waals surface area contributed by atoms with Gasteiger partial charge in [0, 0.05) is 29.9 Å². The third kappa shape index (κ3) is 5.21. The molecule has 0 unspecified atom stereocenters. The maximum absolute atomic E-state index is 12.7. The highest BCUT2D eigenvalue weighted by Gasteiger charge is 2.18. The van der Waals surface area contributed by atoms with E-state index >= 15 is 0 Å². The highest BCUT2D eigenvalue weighted by atomic mass is 32.2. The first kappa shape index (κ1) is 21.3. The number of amides is 1. The van der Waals surface area contributed by atoms with Gasteiger partial charge in [0.25, 0.3) is 0 Å². The number of hydrogen-bond donors (Lipinski definition) is 0. The summed E-state index contributed by atoms with van der Waals surface area (Å²) in [5.41, 5.74) is 3.32. The Morgan fingerprint density at radius 1 is 1.10 bits per heavy atom. The van der Waals surface area contributed by atoms with Gasteiger partial charge in [0.1, 0.15) is 0 Å². The predicted molar refractivity (Wildman–Crippen MR) is 125 cm³/mol. The SMILES string of the molecule is Cc1ccsc1CN(C)C(=O)CSc1nnc(-c2ccncc2)n1Cc1ccccc1. The summed E-state index contributed by atoms with van der Waals surface area (Å²) in [4.78, 5) is 19.8. The minimum atomic E-state index is 0.0672. The zero-order chi connectivity index (χ0) is 21.6. The van der Waals surface area contributed by atoms with Crippen molar-refractivity contribution >= 4 is 29.0 Å². The van der Waals surface area contributed by atoms with Crippen LogP contribution < -0.4 is 0 Å². The number of aryl methyl sites for hydroxylation is 1. The number of carbonyl (C=O) groups is 1. The predicted octanol–water partition coefficient (Wildman–Crippen LogP) is 4.51. The molecule has 8 heteroatoms. The van der Waals surface area contributed by atoms with Crippen LogP contribution in [0.25, 0.3) is 11.4 Å². The zero-order valence-corrected chi connectivity index (χ0v) is 19.1. The molecule has 0 aliphatic heterocycles. The average molecular weight is 450 g/mol. The summed E-state index contributed by atoms with van der Waals surface area (Å²) in [5, 5.41) is 11.6. The smallest absolute Gasteiger partial charge is 0.233 e. The van der Waals surface area contributed by atoms with Crippen LogP contribution in [0.4, 0.5) is 0 Å². The average Bonchev–Trinajstić information content (AvgIpc) is 3.39. The Balaban J connectivity index is 1.51. The lowest BCUT2D eigenvalue weighted by atomic mass is 10.2. The van der Waals surface area contributed by atoms with E-state index in [4.69, 9.17) is 0 Å². The first-order valence-corrected chi connectivity index (χ1v) is 11.8. The number of rotatable bonds is 8. The molecule has 0 saturated heterocycles. The molecule has 0 bridgehead atoms. The van der Waals surface area contributed by atoms with Crippen LogP contribution in [0.1, 0.15) is 16.0 Å². The Labute approximate surface area is 190 Å². The Morgan fingerprint density at radius 2 is 1.87 bits per heavy atom. The van der Waals surface area contributed by atoms with Crippen LogP contribution in [0.5, 0.6) is 0 Å². The van der Waals surface area contributed by atoms with Crippen molar-refractivity contribution in [3.8, 4) is 11.4 Å². The van der Waals surface area contributed by atoms with Gasteiger partial charge >= 0.3 is 0 Å². The van der Waals surface area contributed by atoms with Gasteiger partial charge in [-0.1, -0.05) is 42.1 Å². The quantitative estimate of drug-likeness (QED) is 0.370. The molecular formula is C23H23N5OS2. The van der Waals surface area contributed by atoms with E-state index in [1.807, 2.05) is 37.4 Å². The van der Waals surface area contributed by atoms with E-state index in [1.54, 1.807) is 28.6 Å².